The maximum atomic E-state index is 11.4. The van der Waals surface area contributed by atoms with Crippen molar-refractivity contribution in [1.29, 1.82) is 0 Å². The molecule has 0 spiro atoms. The smallest absolute Gasteiger partial charge is 0.224 e. The van der Waals surface area contributed by atoms with E-state index in [-0.39, 0.29) is 22.7 Å². The first kappa shape index (κ1) is 12.8. The Bertz CT molecular complexity index is 380. The normalized spacial score (nSPS) is 12.2. The van der Waals surface area contributed by atoms with Gasteiger partial charge in [0.2, 0.25) is 5.91 Å². The van der Waals surface area contributed by atoms with E-state index >= 15 is 0 Å². The molecule has 4 N–H and O–H groups in total. The molecule has 0 saturated carbocycles. The molecule has 1 amide bonds. The minimum absolute atomic E-state index is 0.00440. The van der Waals surface area contributed by atoms with Crippen LogP contribution in [0.5, 0.6) is 5.75 Å². The fourth-order valence-corrected chi connectivity index (χ4v) is 1.35. The van der Waals surface area contributed by atoms with Crippen LogP contribution < -0.4 is 11.1 Å². The van der Waals surface area contributed by atoms with Gasteiger partial charge < -0.3 is 16.2 Å². The van der Waals surface area contributed by atoms with Crippen molar-refractivity contribution >= 4 is 23.2 Å². The summed E-state index contributed by atoms with van der Waals surface area (Å²) in [5.74, 6) is -0.116. The highest BCUT2D eigenvalue weighted by atomic mass is 35.5. The first-order valence-corrected chi connectivity index (χ1v) is 5.41. The predicted molar refractivity (Wildman–Crippen MR) is 64.6 cm³/mol. The first-order chi connectivity index (χ1) is 7.49. The number of benzene rings is 1. The van der Waals surface area contributed by atoms with Crippen LogP contribution in [0.4, 0.5) is 5.69 Å². The number of hydrogen-bond donors (Lipinski definition) is 3. The number of anilines is 1. The van der Waals surface area contributed by atoms with E-state index in [1.165, 1.54) is 12.1 Å². The molecule has 16 heavy (non-hydrogen) atoms. The third-order valence-electron chi connectivity index (χ3n) is 2.06. The van der Waals surface area contributed by atoms with Gasteiger partial charge in [-0.05, 0) is 31.5 Å². The molecule has 0 heterocycles. The van der Waals surface area contributed by atoms with Crippen LogP contribution >= 0.6 is 11.6 Å². The highest BCUT2D eigenvalue weighted by molar-refractivity contribution is 6.32. The second-order valence-corrected chi connectivity index (χ2v) is 4.14. The number of nitrogens with one attached hydrogen (secondary N) is 1. The lowest BCUT2D eigenvalue weighted by molar-refractivity contribution is -0.116. The number of halogens is 1. The maximum absolute atomic E-state index is 11.4. The van der Waals surface area contributed by atoms with Gasteiger partial charge in [-0.15, -0.1) is 0 Å². The van der Waals surface area contributed by atoms with Crippen molar-refractivity contribution < 1.29 is 9.90 Å². The number of carbonyl (C=O) groups is 1. The topological polar surface area (TPSA) is 75.4 Å². The molecule has 1 rings (SSSR count). The van der Waals surface area contributed by atoms with Gasteiger partial charge in [-0.2, -0.15) is 0 Å². The zero-order valence-corrected chi connectivity index (χ0v) is 9.79. The minimum Gasteiger partial charge on any atom is -0.506 e. The van der Waals surface area contributed by atoms with E-state index < -0.39 is 0 Å². The van der Waals surface area contributed by atoms with Crippen LogP contribution in [0.2, 0.25) is 5.02 Å². The number of nitrogens with two attached hydrogens (primary N) is 1. The molecule has 0 bridgehead atoms. The third kappa shape index (κ3) is 4.08. The molecule has 4 nitrogen and oxygen atoms in total. The molecule has 88 valence electrons. The van der Waals surface area contributed by atoms with Gasteiger partial charge in [-0.25, -0.2) is 0 Å². The Morgan fingerprint density at radius 3 is 2.88 bits per heavy atom. The molecule has 0 fully saturated rings. The minimum atomic E-state index is -0.112. The van der Waals surface area contributed by atoms with Crippen molar-refractivity contribution in [3.05, 3.63) is 23.2 Å². The van der Waals surface area contributed by atoms with E-state index in [9.17, 15) is 9.90 Å². The van der Waals surface area contributed by atoms with Crippen LogP contribution in [-0.4, -0.2) is 17.1 Å². The molecular weight excluding hydrogens is 228 g/mol. The number of hydrogen-bond acceptors (Lipinski definition) is 3. The van der Waals surface area contributed by atoms with Crippen LogP contribution in [0.1, 0.15) is 19.8 Å². The third-order valence-corrected chi connectivity index (χ3v) is 2.36. The summed E-state index contributed by atoms with van der Waals surface area (Å²) in [6.07, 6.45) is 1.01. The van der Waals surface area contributed by atoms with Crippen molar-refractivity contribution in [3.8, 4) is 5.75 Å². The van der Waals surface area contributed by atoms with Gasteiger partial charge in [0.15, 0.2) is 0 Å². The summed E-state index contributed by atoms with van der Waals surface area (Å²) < 4.78 is 0. The van der Waals surface area contributed by atoms with E-state index in [1.807, 2.05) is 6.92 Å². The quantitative estimate of drug-likeness (QED) is 0.708. The fourth-order valence-electron chi connectivity index (χ4n) is 1.17. The average molecular weight is 243 g/mol. The van der Waals surface area contributed by atoms with Crippen LogP contribution in [0.15, 0.2) is 18.2 Å². The van der Waals surface area contributed by atoms with Gasteiger partial charge in [0, 0.05) is 18.2 Å². The highest BCUT2D eigenvalue weighted by Gasteiger charge is 2.05. The van der Waals surface area contributed by atoms with Crippen molar-refractivity contribution in [3.63, 3.8) is 0 Å². The van der Waals surface area contributed by atoms with E-state index in [2.05, 4.69) is 5.32 Å². The molecule has 1 unspecified atom stereocenters. The number of amides is 1. The molecule has 0 saturated heterocycles. The SMILES string of the molecule is CC(N)CCC(=O)Nc1ccc(O)c(Cl)c1. The standard InChI is InChI=1S/C11H15ClN2O2/c1-7(13)2-5-11(16)14-8-3-4-10(15)9(12)6-8/h3-4,6-7,15H,2,5,13H2,1H3,(H,14,16). The van der Waals surface area contributed by atoms with Gasteiger partial charge >= 0.3 is 0 Å². The molecular formula is C11H15ClN2O2. The second-order valence-electron chi connectivity index (χ2n) is 3.73. The Hall–Kier alpha value is -1.26. The lowest BCUT2D eigenvalue weighted by atomic mass is 10.2. The van der Waals surface area contributed by atoms with E-state index in [4.69, 9.17) is 17.3 Å². The molecule has 1 aromatic rings. The Labute approximate surface area is 99.4 Å². The molecule has 0 aromatic heterocycles. The van der Waals surface area contributed by atoms with Crippen molar-refractivity contribution in [2.45, 2.75) is 25.8 Å². The Kier molecular flexibility index (Phi) is 4.58. The van der Waals surface area contributed by atoms with E-state index in [0.29, 0.717) is 18.5 Å². The number of aromatic hydroxyl groups is 1. The van der Waals surface area contributed by atoms with E-state index in [0.717, 1.165) is 0 Å². The molecule has 1 aromatic carbocycles. The first-order valence-electron chi connectivity index (χ1n) is 5.03. The van der Waals surface area contributed by atoms with Gasteiger partial charge in [0.25, 0.3) is 0 Å². The molecule has 0 aliphatic carbocycles. The fraction of sp³-hybridized carbons (Fsp3) is 0.364. The number of carbonyl (C=O) groups excluding carboxylic acids is 1. The van der Waals surface area contributed by atoms with Gasteiger partial charge in [-0.3, -0.25) is 4.79 Å². The summed E-state index contributed by atoms with van der Waals surface area (Å²) in [5, 5.41) is 12.1. The number of phenolic OH excluding ortho intramolecular Hbond substituents is 1. The van der Waals surface area contributed by atoms with Crippen LogP contribution in [0.3, 0.4) is 0 Å². The molecule has 0 aliphatic rings. The largest absolute Gasteiger partial charge is 0.506 e. The number of rotatable bonds is 4. The van der Waals surface area contributed by atoms with Crippen molar-refractivity contribution in [2.75, 3.05) is 5.32 Å². The summed E-state index contributed by atoms with van der Waals surface area (Å²) >= 11 is 5.70. The predicted octanol–water partition coefficient (Wildman–Crippen LogP) is 2.11. The summed E-state index contributed by atoms with van der Waals surface area (Å²) in [6, 6.07) is 4.53. The Balaban J connectivity index is 2.53. The molecule has 5 heteroatoms. The zero-order chi connectivity index (χ0) is 12.1. The molecule has 1 atom stereocenters. The second kappa shape index (κ2) is 5.72. The summed E-state index contributed by atoms with van der Waals surface area (Å²) in [6.45, 7) is 1.85. The average Bonchev–Trinajstić information content (AvgIpc) is 2.21. The molecule has 0 radical (unpaired) electrons. The van der Waals surface area contributed by atoms with Crippen LogP contribution in [-0.2, 0) is 4.79 Å². The van der Waals surface area contributed by atoms with Crippen molar-refractivity contribution in [2.24, 2.45) is 5.73 Å². The van der Waals surface area contributed by atoms with Gasteiger partial charge in [0.1, 0.15) is 5.75 Å². The zero-order valence-electron chi connectivity index (χ0n) is 9.03. The van der Waals surface area contributed by atoms with Gasteiger partial charge in [-0.1, -0.05) is 11.6 Å². The molecule has 0 aliphatic heterocycles. The van der Waals surface area contributed by atoms with Crippen molar-refractivity contribution in [1.82, 2.24) is 0 Å². The lowest BCUT2D eigenvalue weighted by Crippen LogP contribution is -2.19. The van der Waals surface area contributed by atoms with Crippen LogP contribution in [0, 0.1) is 0 Å². The lowest BCUT2D eigenvalue weighted by Gasteiger charge is -2.07. The Morgan fingerprint density at radius 1 is 1.62 bits per heavy atom. The monoisotopic (exact) mass is 242 g/mol. The summed E-state index contributed by atoms with van der Waals surface area (Å²) in [5.41, 5.74) is 6.11. The highest BCUT2D eigenvalue weighted by Crippen LogP contribution is 2.26. The van der Waals surface area contributed by atoms with Gasteiger partial charge in [0.05, 0.1) is 5.02 Å². The number of phenols is 1. The van der Waals surface area contributed by atoms with Crippen LogP contribution in [0.25, 0.3) is 0 Å². The summed E-state index contributed by atoms with van der Waals surface area (Å²) in [7, 11) is 0. The Morgan fingerprint density at radius 2 is 2.31 bits per heavy atom. The maximum Gasteiger partial charge on any atom is 0.224 e. The summed E-state index contributed by atoms with van der Waals surface area (Å²) in [4.78, 5) is 11.4. The van der Waals surface area contributed by atoms with E-state index in [1.54, 1.807) is 6.07 Å².